The van der Waals surface area contributed by atoms with Crippen LogP contribution in [0.25, 0.3) is 5.57 Å². The van der Waals surface area contributed by atoms with Crippen LogP contribution >= 0.6 is 0 Å². The van der Waals surface area contributed by atoms with E-state index < -0.39 is 11.2 Å². The van der Waals surface area contributed by atoms with Gasteiger partial charge in [-0.2, -0.15) is 0 Å². The van der Waals surface area contributed by atoms with E-state index in [0.29, 0.717) is 23.9 Å². The molecule has 1 aromatic carbocycles. The summed E-state index contributed by atoms with van der Waals surface area (Å²) in [6, 6.07) is 6.31. The molecular weight excluding hydrogens is 363 g/mol. The van der Waals surface area contributed by atoms with Gasteiger partial charge in [-0.3, -0.25) is 0 Å². The summed E-state index contributed by atoms with van der Waals surface area (Å²) >= 11 is 0. The lowest BCUT2D eigenvalue weighted by atomic mass is 9.67. The van der Waals surface area contributed by atoms with Gasteiger partial charge in [-0.1, -0.05) is 23.7 Å². The smallest absolute Gasteiger partial charge is 0.330 e. The molecule has 1 fully saturated rings. The van der Waals surface area contributed by atoms with Crippen LogP contribution in [0, 0.1) is 22.7 Å². The number of fused-ring (bicyclic) bond motifs is 3. The number of aliphatic hydroxyl groups is 1. The Hall–Kier alpha value is -1.92. The topological polar surface area (TPSA) is 86.4 Å². The molecule has 2 aliphatic carbocycles. The minimum absolute atomic E-state index is 0.140. The minimum Gasteiger partial charge on any atom is -0.493 e. The Morgan fingerprint density at radius 3 is 2.66 bits per heavy atom. The minimum atomic E-state index is -0.955. The quantitative estimate of drug-likeness (QED) is 0.684. The molecule has 0 saturated heterocycles. The van der Waals surface area contributed by atoms with Crippen molar-refractivity contribution in [2.75, 3.05) is 0 Å². The zero-order valence-corrected chi connectivity index (χ0v) is 17.8. The molecule has 6 heteroatoms. The van der Waals surface area contributed by atoms with Crippen LogP contribution in [0.3, 0.4) is 0 Å². The van der Waals surface area contributed by atoms with Crippen LogP contribution in [-0.2, 0) is 16.0 Å². The second-order valence-corrected chi connectivity index (χ2v) is 9.62. The SMILES string of the molecule is CC(C)(O)C(C)(C)O[B]c1ccc2c(c1)COC1=C2CC2CCC(=N)C(=N)C2C1. The first-order chi connectivity index (χ1) is 13.6. The molecule has 1 saturated carbocycles. The predicted octanol–water partition coefficient (Wildman–Crippen LogP) is 3.60. The predicted molar refractivity (Wildman–Crippen MR) is 116 cm³/mol. The van der Waals surface area contributed by atoms with Crippen molar-refractivity contribution in [3.63, 3.8) is 0 Å². The molecule has 29 heavy (non-hydrogen) atoms. The molecule has 1 radical (unpaired) electrons. The van der Waals surface area contributed by atoms with E-state index in [1.165, 1.54) is 11.1 Å². The van der Waals surface area contributed by atoms with Crippen molar-refractivity contribution in [1.82, 2.24) is 0 Å². The van der Waals surface area contributed by atoms with E-state index in [0.717, 1.165) is 42.5 Å². The third-order valence-electron chi connectivity index (χ3n) is 7.06. The molecule has 153 valence electrons. The fraction of sp³-hybridized carbons (Fsp3) is 0.565. The lowest BCUT2D eigenvalue weighted by Gasteiger charge is -2.40. The van der Waals surface area contributed by atoms with Crippen molar-refractivity contribution < 1.29 is 14.5 Å². The van der Waals surface area contributed by atoms with E-state index in [2.05, 4.69) is 18.2 Å². The summed E-state index contributed by atoms with van der Waals surface area (Å²) in [6.45, 7) is 7.77. The Morgan fingerprint density at radius 2 is 1.93 bits per heavy atom. The van der Waals surface area contributed by atoms with Gasteiger partial charge in [0.2, 0.25) is 0 Å². The molecule has 2 unspecified atom stereocenters. The second kappa shape index (κ2) is 7.10. The van der Waals surface area contributed by atoms with E-state index in [4.69, 9.17) is 20.2 Å². The Labute approximate surface area is 173 Å². The Kier molecular flexibility index (Phi) is 4.98. The number of hydrogen-bond donors (Lipinski definition) is 3. The van der Waals surface area contributed by atoms with Crippen LogP contribution in [0.4, 0.5) is 0 Å². The average Bonchev–Trinajstić information content (AvgIpc) is 2.67. The Bertz CT molecular complexity index is 898. The van der Waals surface area contributed by atoms with E-state index in [9.17, 15) is 5.11 Å². The standard InChI is InChI=1S/C23H30BN2O3/c1-22(2,27)23(3,4)29-24-15-6-7-16-14(9-15)12-28-20-11-17-13(10-18(16)20)5-8-19(25)21(17)26/h6-7,9,13,17,25-27H,5,8,10-12H2,1-4H3. The van der Waals surface area contributed by atoms with Crippen molar-refractivity contribution >= 4 is 29.9 Å². The van der Waals surface area contributed by atoms with Gasteiger partial charge >= 0.3 is 7.48 Å². The molecule has 0 bridgehead atoms. The highest BCUT2D eigenvalue weighted by Gasteiger charge is 2.40. The zero-order valence-electron chi connectivity index (χ0n) is 17.8. The number of ether oxygens (including phenoxy) is 1. The molecule has 1 aromatic rings. The maximum atomic E-state index is 10.3. The van der Waals surface area contributed by atoms with Gasteiger partial charge in [0.25, 0.3) is 0 Å². The monoisotopic (exact) mass is 393 g/mol. The third-order valence-corrected chi connectivity index (χ3v) is 7.06. The second-order valence-electron chi connectivity index (χ2n) is 9.62. The lowest BCUT2D eigenvalue weighted by Crippen LogP contribution is -2.49. The summed E-state index contributed by atoms with van der Waals surface area (Å²) < 4.78 is 12.0. The number of allylic oxidation sites excluding steroid dienone is 2. The molecule has 3 N–H and O–H groups in total. The highest BCUT2D eigenvalue weighted by molar-refractivity contribution is 6.47. The Balaban J connectivity index is 1.54. The highest BCUT2D eigenvalue weighted by atomic mass is 16.5. The van der Waals surface area contributed by atoms with Crippen LogP contribution in [0.15, 0.2) is 24.0 Å². The molecule has 0 amide bonds. The van der Waals surface area contributed by atoms with Crippen molar-refractivity contribution in [1.29, 1.82) is 10.8 Å². The largest absolute Gasteiger partial charge is 0.493 e. The normalized spacial score (nSPS) is 24.4. The van der Waals surface area contributed by atoms with Crippen molar-refractivity contribution in [3.05, 3.63) is 35.1 Å². The summed E-state index contributed by atoms with van der Waals surface area (Å²) in [6.07, 6.45) is 3.38. The number of benzene rings is 1. The first kappa shape index (κ1) is 20.4. The van der Waals surface area contributed by atoms with Crippen LogP contribution in [0.1, 0.15) is 64.5 Å². The fourth-order valence-electron chi connectivity index (χ4n) is 4.37. The number of nitrogens with one attached hydrogen (secondary N) is 2. The zero-order chi connectivity index (χ0) is 21.0. The fourth-order valence-corrected chi connectivity index (χ4v) is 4.37. The first-order valence-corrected chi connectivity index (χ1v) is 10.4. The van der Waals surface area contributed by atoms with Gasteiger partial charge in [-0.05, 0) is 69.6 Å². The van der Waals surface area contributed by atoms with Gasteiger partial charge in [0.1, 0.15) is 12.4 Å². The molecule has 3 aliphatic rings. The first-order valence-electron chi connectivity index (χ1n) is 10.4. The number of rotatable bonds is 4. The van der Waals surface area contributed by atoms with Crippen LogP contribution in [0.5, 0.6) is 0 Å². The Morgan fingerprint density at radius 1 is 1.17 bits per heavy atom. The molecule has 4 rings (SSSR count). The lowest BCUT2D eigenvalue weighted by molar-refractivity contribution is -0.0893. The number of hydrogen-bond acceptors (Lipinski definition) is 5. The summed E-state index contributed by atoms with van der Waals surface area (Å²) in [7, 11) is 1.72. The highest BCUT2D eigenvalue weighted by Crippen LogP contribution is 2.46. The maximum absolute atomic E-state index is 10.3. The molecule has 1 heterocycles. The van der Waals surface area contributed by atoms with Crippen molar-refractivity contribution in [3.8, 4) is 0 Å². The van der Waals surface area contributed by atoms with E-state index in [1.54, 1.807) is 21.3 Å². The summed E-state index contributed by atoms with van der Waals surface area (Å²) in [5.74, 6) is 1.59. The van der Waals surface area contributed by atoms with E-state index in [1.807, 2.05) is 13.8 Å². The summed E-state index contributed by atoms with van der Waals surface area (Å²) in [4.78, 5) is 0. The van der Waals surface area contributed by atoms with Gasteiger partial charge in [-0.25, -0.2) is 0 Å². The van der Waals surface area contributed by atoms with Gasteiger partial charge in [0.15, 0.2) is 0 Å². The van der Waals surface area contributed by atoms with Crippen LogP contribution in [0.2, 0.25) is 0 Å². The molecule has 5 nitrogen and oxygen atoms in total. The summed E-state index contributed by atoms with van der Waals surface area (Å²) in [5.41, 5.74) is 3.98. The van der Waals surface area contributed by atoms with Gasteiger partial charge in [0, 0.05) is 12.3 Å². The van der Waals surface area contributed by atoms with E-state index >= 15 is 0 Å². The van der Waals surface area contributed by atoms with Crippen LogP contribution in [-0.4, -0.2) is 35.2 Å². The molecule has 2 atom stereocenters. The van der Waals surface area contributed by atoms with E-state index in [-0.39, 0.29) is 5.92 Å². The van der Waals surface area contributed by atoms with Crippen LogP contribution < -0.4 is 5.46 Å². The van der Waals surface area contributed by atoms with Crippen molar-refractivity contribution in [2.24, 2.45) is 11.8 Å². The third kappa shape index (κ3) is 3.68. The average molecular weight is 393 g/mol. The van der Waals surface area contributed by atoms with Gasteiger partial charge in [-0.15, -0.1) is 0 Å². The maximum Gasteiger partial charge on any atom is 0.330 e. The molecule has 1 aliphatic heterocycles. The molecular formula is C23H30BN2O3. The van der Waals surface area contributed by atoms with Gasteiger partial charge in [0.05, 0.1) is 22.6 Å². The van der Waals surface area contributed by atoms with Gasteiger partial charge < -0.3 is 25.3 Å². The molecule has 0 spiro atoms. The van der Waals surface area contributed by atoms with Crippen molar-refractivity contribution in [2.45, 2.75) is 71.2 Å². The summed E-state index contributed by atoms with van der Waals surface area (Å²) in [5, 5.41) is 26.6. The molecule has 0 aromatic heterocycles.